The second-order valence-electron chi connectivity index (χ2n) is 9.83. The van der Waals surface area contributed by atoms with Crippen LogP contribution in [-0.4, -0.2) is 0 Å². The molecule has 0 saturated carbocycles. The van der Waals surface area contributed by atoms with E-state index in [-0.39, 0.29) is 5.41 Å². The van der Waals surface area contributed by atoms with E-state index < -0.39 is 0 Å². The van der Waals surface area contributed by atoms with Gasteiger partial charge < -0.3 is 4.90 Å². The molecule has 0 atom stereocenters. The summed E-state index contributed by atoms with van der Waals surface area (Å²) in [4.78, 5) is 5.11. The fourth-order valence-corrected chi connectivity index (χ4v) is 7.12. The Balaban J connectivity index is 1.48. The number of hydrogen-bond donors (Lipinski definition) is 0. The van der Waals surface area contributed by atoms with Crippen molar-refractivity contribution in [2.45, 2.75) is 29.1 Å². The minimum atomic E-state index is -0.0475. The van der Waals surface area contributed by atoms with Gasteiger partial charge in [-0.15, -0.1) is 0 Å². The van der Waals surface area contributed by atoms with Crippen LogP contribution in [0.3, 0.4) is 0 Å². The zero-order chi connectivity index (χ0) is 23.6. The lowest BCUT2D eigenvalue weighted by Crippen LogP contribution is -2.20. The van der Waals surface area contributed by atoms with Crippen molar-refractivity contribution in [2.75, 3.05) is 4.90 Å². The Kier molecular flexibility index (Phi) is 4.49. The monoisotopic (exact) mass is 467 g/mol. The van der Waals surface area contributed by atoms with Crippen molar-refractivity contribution in [2.24, 2.45) is 0 Å². The van der Waals surface area contributed by atoms with Crippen molar-refractivity contribution in [3.8, 4) is 22.3 Å². The van der Waals surface area contributed by atoms with Crippen molar-refractivity contribution < 1.29 is 0 Å². The Bertz CT molecular complexity index is 1590. The minimum absolute atomic E-state index is 0.0475. The Morgan fingerprint density at radius 3 is 2.11 bits per heavy atom. The van der Waals surface area contributed by atoms with E-state index in [1.54, 1.807) is 0 Å². The average Bonchev–Trinajstić information content (AvgIpc) is 3.15. The first-order valence-corrected chi connectivity index (χ1v) is 12.9. The molecular formula is C33H25NS. The first-order chi connectivity index (χ1) is 17.1. The topological polar surface area (TPSA) is 3.24 Å². The predicted molar refractivity (Wildman–Crippen MR) is 148 cm³/mol. The van der Waals surface area contributed by atoms with Crippen LogP contribution in [0, 0.1) is 0 Å². The van der Waals surface area contributed by atoms with Gasteiger partial charge in [-0.1, -0.05) is 111 Å². The van der Waals surface area contributed by atoms with Crippen LogP contribution in [0.15, 0.2) is 125 Å². The van der Waals surface area contributed by atoms with Crippen LogP contribution in [0.1, 0.15) is 25.0 Å². The molecule has 7 rings (SSSR count). The highest BCUT2D eigenvalue weighted by Crippen LogP contribution is 2.60. The summed E-state index contributed by atoms with van der Waals surface area (Å²) in [5, 5.41) is 0. The number of hydrogen-bond acceptors (Lipinski definition) is 2. The van der Waals surface area contributed by atoms with Crippen LogP contribution in [0.4, 0.5) is 17.1 Å². The van der Waals surface area contributed by atoms with E-state index in [0.29, 0.717) is 0 Å². The molecule has 1 aliphatic heterocycles. The number of rotatable bonds is 2. The van der Waals surface area contributed by atoms with Gasteiger partial charge in [0.25, 0.3) is 0 Å². The average molecular weight is 468 g/mol. The van der Waals surface area contributed by atoms with E-state index >= 15 is 0 Å². The van der Waals surface area contributed by atoms with Gasteiger partial charge in [0.15, 0.2) is 0 Å². The molecule has 2 aliphatic rings. The zero-order valence-electron chi connectivity index (χ0n) is 19.8. The summed E-state index contributed by atoms with van der Waals surface area (Å²) >= 11 is 1.92. The third-order valence-corrected chi connectivity index (χ3v) is 8.61. The van der Waals surface area contributed by atoms with Crippen LogP contribution < -0.4 is 4.90 Å². The molecule has 0 fully saturated rings. The Morgan fingerprint density at radius 1 is 0.600 bits per heavy atom. The van der Waals surface area contributed by atoms with E-state index in [1.165, 1.54) is 60.2 Å². The Morgan fingerprint density at radius 2 is 1.31 bits per heavy atom. The van der Waals surface area contributed by atoms with Gasteiger partial charge in [-0.2, -0.15) is 0 Å². The Hall–Kier alpha value is -3.75. The van der Waals surface area contributed by atoms with Crippen LogP contribution in [0.2, 0.25) is 0 Å². The van der Waals surface area contributed by atoms with Gasteiger partial charge in [-0.3, -0.25) is 0 Å². The van der Waals surface area contributed by atoms with E-state index in [1.807, 2.05) is 11.8 Å². The first kappa shape index (κ1) is 20.6. The molecule has 0 spiro atoms. The summed E-state index contributed by atoms with van der Waals surface area (Å²) in [6, 6.07) is 41.9. The van der Waals surface area contributed by atoms with Crippen molar-refractivity contribution in [1.82, 2.24) is 0 Å². The zero-order valence-corrected chi connectivity index (χ0v) is 20.6. The molecule has 0 bridgehead atoms. The van der Waals surface area contributed by atoms with Crippen LogP contribution in [0.25, 0.3) is 22.3 Å². The van der Waals surface area contributed by atoms with Gasteiger partial charge in [0.1, 0.15) is 0 Å². The van der Waals surface area contributed by atoms with Crippen LogP contribution in [0.5, 0.6) is 0 Å². The molecule has 0 aromatic heterocycles. The number of para-hydroxylation sites is 1. The van der Waals surface area contributed by atoms with Gasteiger partial charge in [0.05, 0.1) is 11.4 Å². The molecular weight excluding hydrogens is 442 g/mol. The molecule has 168 valence electrons. The highest BCUT2D eigenvalue weighted by Gasteiger charge is 2.40. The predicted octanol–water partition coefficient (Wildman–Crippen LogP) is 9.59. The maximum absolute atomic E-state index is 2.45. The molecule has 0 saturated heterocycles. The second kappa shape index (κ2) is 7.63. The number of fused-ring (bicyclic) bond motifs is 6. The lowest BCUT2D eigenvalue weighted by Gasteiger charge is -2.36. The molecule has 2 heteroatoms. The fourth-order valence-electron chi connectivity index (χ4n) is 5.78. The minimum Gasteiger partial charge on any atom is -0.308 e. The summed E-state index contributed by atoms with van der Waals surface area (Å²) in [5.41, 5.74) is 11.7. The van der Waals surface area contributed by atoms with Crippen molar-refractivity contribution in [1.29, 1.82) is 0 Å². The van der Waals surface area contributed by atoms with Crippen LogP contribution in [-0.2, 0) is 5.41 Å². The maximum Gasteiger partial charge on any atom is 0.0607 e. The normalized spacial score (nSPS) is 14.6. The third-order valence-electron chi connectivity index (χ3n) is 7.43. The molecule has 0 radical (unpaired) electrons. The van der Waals surface area contributed by atoms with Gasteiger partial charge in [0.2, 0.25) is 0 Å². The molecule has 1 aliphatic carbocycles. The van der Waals surface area contributed by atoms with Crippen molar-refractivity contribution in [3.05, 3.63) is 126 Å². The summed E-state index contributed by atoms with van der Waals surface area (Å²) in [5.74, 6) is 0. The first-order valence-electron chi connectivity index (χ1n) is 12.1. The molecule has 5 aromatic rings. The van der Waals surface area contributed by atoms with Gasteiger partial charge in [-0.25, -0.2) is 0 Å². The second-order valence-corrected chi connectivity index (χ2v) is 10.9. The van der Waals surface area contributed by atoms with Gasteiger partial charge in [-0.05, 0) is 63.7 Å². The maximum atomic E-state index is 2.45. The van der Waals surface area contributed by atoms with E-state index in [0.717, 1.165) is 0 Å². The van der Waals surface area contributed by atoms with Gasteiger partial charge in [0, 0.05) is 20.9 Å². The highest BCUT2D eigenvalue weighted by atomic mass is 32.2. The largest absolute Gasteiger partial charge is 0.308 e. The third kappa shape index (κ3) is 3.03. The van der Waals surface area contributed by atoms with Crippen molar-refractivity contribution in [3.63, 3.8) is 0 Å². The Labute approximate surface area is 211 Å². The molecule has 0 unspecified atom stereocenters. The highest BCUT2D eigenvalue weighted by molar-refractivity contribution is 7.99. The SMILES string of the molecule is CC1(C)c2ccccc2-c2ccc3c(c21)Sc1ccc(-c2ccccc2)cc1N3c1ccccc1. The van der Waals surface area contributed by atoms with Crippen molar-refractivity contribution >= 4 is 28.8 Å². The number of benzene rings is 5. The smallest absolute Gasteiger partial charge is 0.0607 e. The molecule has 5 aromatic carbocycles. The summed E-state index contributed by atoms with van der Waals surface area (Å²) in [6.07, 6.45) is 0. The van der Waals surface area contributed by atoms with E-state index in [2.05, 4.69) is 134 Å². The number of nitrogens with zero attached hydrogens (tertiary/aromatic N) is 1. The quantitative estimate of drug-likeness (QED) is 0.249. The molecule has 0 amide bonds. The molecule has 1 nitrogen and oxygen atoms in total. The summed E-state index contributed by atoms with van der Waals surface area (Å²) in [6.45, 7) is 4.75. The summed E-state index contributed by atoms with van der Waals surface area (Å²) < 4.78 is 0. The fraction of sp³-hybridized carbons (Fsp3) is 0.0909. The van der Waals surface area contributed by atoms with Crippen LogP contribution >= 0.6 is 11.8 Å². The molecule has 0 N–H and O–H groups in total. The standard InChI is InChI=1S/C33H25NS/c1-33(2)27-16-10-9-15-25(27)26-18-19-28-32(31(26)33)35-30-20-17-23(22-11-5-3-6-12-22)21-29(30)34(28)24-13-7-4-8-14-24/h3-21H,1-2H3. The lowest BCUT2D eigenvalue weighted by atomic mass is 9.82. The van der Waals surface area contributed by atoms with Gasteiger partial charge >= 0.3 is 0 Å². The van der Waals surface area contributed by atoms with E-state index in [4.69, 9.17) is 0 Å². The molecule has 35 heavy (non-hydrogen) atoms. The lowest BCUT2D eigenvalue weighted by molar-refractivity contribution is 0.647. The summed E-state index contributed by atoms with van der Waals surface area (Å²) in [7, 11) is 0. The molecule has 1 heterocycles. The van der Waals surface area contributed by atoms with E-state index in [9.17, 15) is 0 Å². The number of anilines is 3.